The summed E-state index contributed by atoms with van der Waals surface area (Å²) in [6, 6.07) is -0.146. The fourth-order valence-corrected chi connectivity index (χ4v) is 5.68. The fraction of sp³-hybridized carbons (Fsp3) is 1.00. The van der Waals surface area contributed by atoms with Gasteiger partial charge in [-0.15, -0.1) is 0 Å². The maximum atomic E-state index is 11.2. The first-order chi connectivity index (χ1) is 16.0. The molecule has 0 spiro atoms. The summed E-state index contributed by atoms with van der Waals surface area (Å²) in [5, 5.41) is -0.0712. The molecule has 0 aliphatic rings. The molecule has 34 heavy (non-hydrogen) atoms. The second-order valence-corrected chi connectivity index (χ2v) is 12.8. The number of likely N-dealkylation sites (N-methyl/N-ethyl adjacent to an activating group) is 1. The zero-order chi connectivity index (χ0) is 25.9. The lowest BCUT2D eigenvalue weighted by atomic mass is 9.92. The number of hydrogen-bond donors (Lipinski definition) is 3. The summed E-state index contributed by atoms with van der Waals surface area (Å²) in [6.07, 6.45) is 21.2. The minimum Gasteiger partial charge on any atom is -0.384 e. The van der Waals surface area contributed by atoms with Gasteiger partial charge in [0.25, 0.3) is 0 Å². The molecule has 0 aromatic carbocycles. The maximum absolute atomic E-state index is 11.2. The Bertz CT molecular complexity index is 512. The third-order valence-corrected chi connectivity index (χ3v) is 8.10. The Balaban J connectivity index is 4.07. The van der Waals surface area contributed by atoms with Gasteiger partial charge in [-0.3, -0.25) is 4.52 Å². The Morgan fingerprint density at radius 2 is 1.18 bits per heavy atom. The Labute approximate surface area is 216 Å². The second kappa shape index (κ2) is 20.4. The molecule has 0 aliphatic heterocycles. The molecule has 206 valence electrons. The minimum absolute atomic E-state index is 0.0268. The van der Waals surface area contributed by atoms with Gasteiger partial charge in [0, 0.05) is 7.11 Å². The van der Waals surface area contributed by atoms with Crippen LogP contribution in [0.25, 0.3) is 0 Å². The minimum atomic E-state index is -4.50. The number of unbranched alkanes of at least 4 members (excludes halogenated alkanes) is 14. The predicted molar refractivity (Wildman–Crippen MR) is 148 cm³/mol. The number of phosphoric acid groups is 1. The highest BCUT2D eigenvalue weighted by molar-refractivity contribution is 7.81. The molecule has 0 aliphatic carbocycles. The van der Waals surface area contributed by atoms with Crippen LogP contribution in [0.2, 0.25) is 0 Å². The summed E-state index contributed by atoms with van der Waals surface area (Å²) in [6.45, 7) is 2.84. The molecule has 0 heterocycles. The Morgan fingerprint density at radius 1 is 0.765 bits per heavy atom. The molecule has 0 radical (unpaired) electrons. The molecule has 0 fully saturated rings. The Hall–Kier alpha value is 0.380. The first-order valence-corrected chi connectivity index (χ1v) is 15.8. The molecule has 0 aromatic heterocycles. The zero-order valence-corrected chi connectivity index (χ0v) is 24.7. The lowest BCUT2D eigenvalue weighted by molar-refractivity contribution is -0.896. The number of hydrogen-bond acceptors (Lipinski definition) is 4. The van der Waals surface area contributed by atoms with Crippen LogP contribution in [0.4, 0.5) is 0 Å². The highest BCUT2D eigenvalue weighted by Crippen LogP contribution is 2.37. The summed E-state index contributed by atoms with van der Waals surface area (Å²) >= 11 is 4.88. The average molecular weight is 527 g/mol. The zero-order valence-electron chi connectivity index (χ0n) is 22.9. The lowest BCUT2D eigenvalue weighted by Gasteiger charge is -2.40. The van der Waals surface area contributed by atoms with Gasteiger partial charge in [-0.25, -0.2) is 4.57 Å². The summed E-state index contributed by atoms with van der Waals surface area (Å²) < 4.78 is 22.1. The van der Waals surface area contributed by atoms with E-state index in [1.165, 1.54) is 89.9 Å². The molecule has 6 nitrogen and oxygen atoms in total. The summed E-state index contributed by atoms with van der Waals surface area (Å²) in [5.41, 5.74) is 0. The number of thiol groups is 1. The summed E-state index contributed by atoms with van der Waals surface area (Å²) in [7, 11) is 3.22. The third kappa shape index (κ3) is 19.6. The Kier molecular flexibility index (Phi) is 20.7. The van der Waals surface area contributed by atoms with Crippen molar-refractivity contribution in [3.63, 3.8) is 0 Å². The quantitative estimate of drug-likeness (QED) is 0.0547. The first-order valence-electron chi connectivity index (χ1n) is 13.7. The van der Waals surface area contributed by atoms with Gasteiger partial charge in [0.2, 0.25) is 0 Å². The molecule has 0 aromatic rings. The molecule has 8 heteroatoms. The largest absolute Gasteiger partial charge is 0.469 e. The number of quaternary nitrogens is 1. The van der Waals surface area contributed by atoms with Crippen molar-refractivity contribution in [3.8, 4) is 0 Å². The van der Waals surface area contributed by atoms with Crippen LogP contribution in [0.1, 0.15) is 110 Å². The van der Waals surface area contributed by atoms with E-state index in [1.54, 1.807) is 7.11 Å². The van der Waals surface area contributed by atoms with Crippen molar-refractivity contribution in [2.75, 3.05) is 41.5 Å². The van der Waals surface area contributed by atoms with Crippen molar-refractivity contribution in [1.82, 2.24) is 0 Å². The first kappa shape index (κ1) is 34.4. The van der Waals surface area contributed by atoms with E-state index < -0.39 is 7.82 Å². The number of nitrogens with zero attached hydrogens (tertiary/aromatic N) is 1. The van der Waals surface area contributed by atoms with E-state index in [2.05, 4.69) is 6.92 Å². The van der Waals surface area contributed by atoms with Crippen LogP contribution in [0, 0.1) is 5.92 Å². The van der Waals surface area contributed by atoms with Gasteiger partial charge in [-0.1, -0.05) is 103 Å². The highest BCUT2D eigenvalue weighted by Gasteiger charge is 2.37. The van der Waals surface area contributed by atoms with Crippen molar-refractivity contribution < 1.29 is 28.1 Å². The third-order valence-electron chi connectivity index (χ3n) is 6.84. The molecular weight excluding hydrogens is 469 g/mol. The van der Waals surface area contributed by atoms with E-state index in [1.807, 2.05) is 21.1 Å². The molecule has 3 unspecified atom stereocenters. The van der Waals surface area contributed by atoms with Crippen LogP contribution in [0.5, 0.6) is 0 Å². The topological polar surface area (TPSA) is 76.0 Å². The number of ether oxygens (including phenoxy) is 1. The molecule has 0 saturated heterocycles. The molecular formula is C26H57NO5PS+. The van der Waals surface area contributed by atoms with Gasteiger partial charge in [0.1, 0.15) is 12.6 Å². The van der Waals surface area contributed by atoms with Crippen LogP contribution in [-0.4, -0.2) is 67.0 Å². The predicted octanol–water partition coefficient (Wildman–Crippen LogP) is 6.99. The van der Waals surface area contributed by atoms with Crippen molar-refractivity contribution in [3.05, 3.63) is 0 Å². The summed E-state index contributed by atoms with van der Waals surface area (Å²) in [5.74, 6) is 0.220. The molecule has 0 amide bonds. The van der Waals surface area contributed by atoms with Crippen LogP contribution >= 0.6 is 20.5 Å². The van der Waals surface area contributed by atoms with Crippen molar-refractivity contribution in [2.45, 2.75) is 121 Å². The van der Waals surface area contributed by atoms with Crippen molar-refractivity contribution in [1.29, 1.82) is 0 Å². The van der Waals surface area contributed by atoms with Crippen LogP contribution < -0.4 is 0 Å². The van der Waals surface area contributed by atoms with E-state index in [0.717, 1.165) is 12.8 Å². The smallest absolute Gasteiger partial charge is 0.384 e. The number of phosphoric ester groups is 1. The number of rotatable bonds is 24. The molecule has 0 bridgehead atoms. The van der Waals surface area contributed by atoms with E-state index in [4.69, 9.17) is 31.7 Å². The van der Waals surface area contributed by atoms with E-state index >= 15 is 0 Å². The van der Waals surface area contributed by atoms with Crippen LogP contribution in [-0.2, 0) is 13.8 Å². The fourth-order valence-electron chi connectivity index (χ4n) is 4.61. The monoisotopic (exact) mass is 526 g/mol. The van der Waals surface area contributed by atoms with Gasteiger partial charge >= 0.3 is 7.82 Å². The number of methoxy groups -OCH3 is 1. The highest BCUT2D eigenvalue weighted by atomic mass is 32.1. The molecule has 0 rings (SSSR count). The Morgan fingerprint density at radius 3 is 1.53 bits per heavy atom. The van der Waals surface area contributed by atoms with Gasteiger partial charge in [0.15, 0.2) is 0 Å². The van der Waals surface area contributed by atoms with Crippen molar-refractivity contribution in [2.24, 2.45) is 5.92 Å². The normalized spacial score (nSPS) is 15.4. The van der Waals surface area contributed by atoms with Gasteiger partial charge in [0.05, 0.1) is 33.0 Å². The van der Waals surface area contributed by atoms with E-state index in [0.29, 0.717) is 11.1 Å². The SMILES string of the molecule is CCCCCCCCCCCCCCCCCC(COC)C(S)C(COP(=O)(O)O)[N+](C)(C)C. The van der Waals surface area contributed by atoms with Crippen LogP contribution in [0.15, 0.2) is 0 Å². The maximum Gasteiger partial charge on any atom is 0.469 e. The van der Waals surface area contributed by atoms with Crippen molar-refractivity contribution >= 4 is 20.5 Å². The lowest BCUT2D eigenvalue weighted by Crippen LogP contribution is -2.54. The van der Waals surface area contributed by atoms with Crippen LogP contribution in [0.3, 0.4) is 0 Å². The van der Waals surface area contributed by atoms with Gasteiger partial charge in [-0.05, 0) is 12.3 Å². The molecule has 2 N–H and O–H groups in total. The standard InChI is InChI=1S/C26H56NO5PS/c1-6-7-8-9-10-11-12-13-14-15-16-17-18-19-20-21-24(22-31-5)26(34)25(27(2,3)4)23-32-33(28,29)30/h24-26H,6-23H2,1-5H3,(H2-,28,29,30,34)/p+1. The van der Waals surface area contributed by atoms with E-state index in [-0.39, 0.29) is 23.8 Å². The molecule has 3 atom stereocenters. The van der Waals surface area contributed by atoms with E-state index in [9.17, 15) is 4.57 Å². The van der Waals surface area contributed by atoms with Gasteiger partial charge < -0.3 is 19.0 Å². The second-order valence-electron chi connectivity index (χ2n) is 10.9. The van der Waals surface area contributed by atoms with Gasteiger partial charge in [-0.2, -0.15) is 12.6 Å². The summed E-state index contributed by atoms with van der Waals surface area (Å²) in [4.78, 5) is 18.3. The average Bonchev–Trinajstić information content (AvgIpc) is 2.73. The molecule has 0 saturated carbocycles.